The van der Waals surface area contributed by atoms with Gasteiger partial charge in [0, 0.05) is 0 Å². The largest absolute Gasteiger partial charge is 0.495 e. The molecule has 1 aromatic carbocycles. The van der Waals surface area contributed by atoms with Crippen molar-refractivity contribution in [3.63, 3.8) is 0 Å². The molecule has 0 spiro atoms. The molecule has 1 aromatic rings. The SMILES string of the molecule is Cc1c(CC(=O)O)cccc1B1OC(C)(C)C(C)(C)O1. The second-order valence-electron chi connectivity index (χ2n) is 6.29. The van der Waals surface area contributed by atoms with Gasteiger partial charge >= 0.3 is 13.1 Å². The van der Waals surface area contributed by atoms with E-state index in [1.807, 2.05) is 52.8 Å². The fourth-order valence-corrected chi connectivity index (χ4v) is 2.28. The van der Waals surface area contributed by atoms with Crippen LogP contribution in [0.25, 0.3) is 0 Å². The normalized spacial score (nSPS) is 20.1. The van der Waals surface area contributed by atoms with Crippen LogP contribution >= 0.6 is 0 Å². The first-order valence-electron chi connectivity index (χ1n) is 6.80. The van der Waals surface area contributed by atoms with Crippen molar-refractivity contribution in [2.24, 2.45) is 0 Å². The van der Waals surface area contributed by atoms with Crippen molar-refractivity contribution in [2.75, 3.05) is 0 Å². The molecule has 1 aliphatic rings. The van der Waals surface area contributed by atoms with Crippen LogP contribution in [0.4, 0.5) is 0 Å². The van der Waals surface area contributed by atoms with E-state index in [-0.39, 0.29) is 6.42 Å². The van der Waals surface area contributed by atoms with Gasteiger partial charge in [0.05, 0.1) is 17.6 Å². The van der Waals surface area contributed by atoms with E-state index < -0.39 is 24.3 Å². The molecular weight excluding hydrogens is 255 g/mol. The Hall–Kier alpha value is -1.33. The highest BCUT2D eigenvalue weighted by Gasteiger charge is 2.52. The van der Waals surface area contributed by atoms with E-state index in [2.05, 4.69) is 0 Å². The van der Waals surface area contributed by atoms with Crippen LogP contribution in [0, 0.1) is 6.92 Å². The van der Waals surface area contributed by atoms with Gasteiger partial charge in [-0.05, 0) is 51.2 Å². The minimum Gasteiger partial charge on any atom is -0.481 e. The Balaban J connectivity index is 2.34. The monoisotopic (exact) mass is 276 g/mol. The van der Waals surface area contributed by atoms with Crippen LogP contribution in [-0.2, 0) is 20.5 Å². The summed E-state index contributed by atoms with van der Waals surface area (Å²) in [6, 6.07) is 5.62. The van der Waals surface area contributed by atoms with E-state index in [4.69, 9.17) is 14.4 Å². The summed E-state index contributed by atoms with van der Waals surface area (Å²) in [5.41, 5.74) is 1.83. The molecule has 108 valence electrons. The quantitative estimate of drug-likeness (QED) is 0.857. The lowest BCUT2D eigenvalue weighted by Crippen LogP contribution is -2.41. The fraction of sp³-hybridized carbons (Fsp3) is 0.533. The fourth-order valence-electron chi connectivity index (χ4n) is 2.28. The average molecular weight is 276 g/mol. The van der Waals surface area contributed by atoms with E-state index in [1.54, 1.807) is 0 Å². The van der Waals surface area contributed by atoms with Crippen LogP contribution < -0.4 is 5.46 Å². The number of benzene rings is 1. The second kappa shape index (κ2) is 4.90. The van der Waals surface area contributed by atoms with Gasteiger partial charge in [-0.15, -0.1) is 0 Å². The summed E-state index contributed by atoms with van der Waals surface area (Å²) < 4.78 is 12.0. The first-order valence-corrected chi connectivity index (χ1v) is 6.80. The third-order valence-corrected chi connectivity index (χ3v) is 4.34. The molecule has 4 nitrogen and oxygen atoms in total. The smallest absolute Gasteiger partial charge is 0.481 e. The van der Waals surface area contributed by atoms with Crippen LogP contribution in [0.5, 0.6) is 0 Å². The van der Waals surface area contributed by atoms with E-state index in [9.17, 15) is 4.79 Å². The van der Waals surface area contributed by atoms with Crippen molar-refractivity contribution in [2.45, 2.75) is 52.2 Å². The summed E-state index contributed by atoms with van der Waals surface area (Å²) in [5.74, 6) is -0.834. The summed E-state index contributed by atoms with van der Waals surface area (Å²) in [5, 5.41) is 8.95. The minimum absolute atomic E-state index is 0.0131. The van der Waals surface area contributed by atoms with Gasteiger partial charge in [0.25, 0.3) is 0 Å². The Bertz CT molecular complexity index is 521. The van der Waals surface area contributed by atoms with Gasteiger partial charge < -0.3 is 14.4 Å². The Morgan fingerprint density at radius 2 is 1.75 bits per heavy atom. The van der Waals surface area contributed by atoms with E-state index in [1.165, 1.54) is 0 Å². The molecule has 5 heteroatoms. The van der Waals surface area contributed by atoms with Gasteiger partial charge in [-0.2, -0.15) is 0 Å². The highest BCUT2D eigenvalue weighted by atomic mass is 16.7. The van der Waals surface area contributed by atoms with Gasteiger partial charge in [0.15, 0.2) is 0 Å². The zero-order valence-electron chi connectivity index (χ0n) is 12.7. The first kappa shape index (κ1) is 15.1. The molecule has 0 bridgehead atoms. The molecule has 0 unspecified atom stereocenters. The van der Waals surface area contributed by atoms with Crippen molar-refractivity contribution in [3.8, 4) is 0 Å². The molecule has 1 aliphatic heterocycles. The molecule has 0 aliphatic carbocycles. The summed E-state index contributed by atoms with van der Waals surface area (Å²) >= 11 is 0. The molecule has 1 fully saturated rings. The first-order chi connectivity index (χ1) is 9.14. The molecule has 0 aromatic heterocycles. The molecule has 1 saturated heterocycles. The molecule has 0 atom stereocenters. The van der Waals surface area contributed by atoms with Gasteiger partial charge in [0.1, 0.15) is 0 Å². The molecule has 0 amide bonds. The lowest BCUT2D eigenvalue weighted by atomic mass is 9.75. The highest BCUT2D eigenvalue weighted by molar-refractivity contribution is 6.62. The van der Waals surface area contributed by atoms with Crippen molar-refractivity contribution in [1.29, 1.82) is 0 Å². The number of aliphatic carboxylic acids is 1. The number of carboxylic acid groups (broad SMARTS) is 1. The second-order valence-corrected chi connectivity index (χ2v) is 6.29. The topological polar surface area (TPSA) is 55.8 Å². The average Bonchev–Trinajstić information content (AvgIpc) is 2.50. The molecular formula is C15H21BO4. The molecule has 1 heterocycles. The third kappa shape index (κ3) is 2.60. The summed E-state index contributed by atoms with van der Waals surface area (Å²) in [4.78, 5) is 10.9. The Kier molecular flexibility index (Phi) is 3.69. The maximum atomic E-state index is 10.9. The van der Waals surface area contributed by atoms with E-state index in [0.29, 0.717) is 0 Å². The Morgan fingerprint density at radius 3 is 2.25 bits per heavy atom. The van der Waals surface area contributed by atoms with Crippen LogP contribution in [0.3, 0.4) is 0 Å². The molecule has 20 heavy (non-hydrogen) atoms. The number of carboxylic acids is 1. The van der Waals surface area contributed by atoms with Gasteiger partial charge in [-0.25, -0.2) is 0 Å². The summed E-state index contributed by atoms with van der Waals surface area (Å²) in [6.07, 6.45) is 0.0131. The van der Waals surface area contributed by atoms with Crippen LogP contribution in [0.2, 0.25) is 0 Å². The van der Waals surface area contributed by atoms with Gasteiger partial charge in [0.2, 0.25) is 0 Å². The lowest BCUT2D eigenvalue weighted by Gasteiger charge is -2.32. The van der Waals surface area contributed by atoms with Crippen LogP contribution in [0.1, 0.15) is 38.8 Å². The highest BCUT2D eigenvalue weighted by Crippen LogP contribution is 2.36. The molecule has 2 rings (SSSR count). The van der Waals surface area contributed by atoms with E-state index in [0.717, 1.165) is 16.6 Å². The predicted molar refractivity (Wildman–Crippen MR) is 78.2 cm³/mol. The van der Waals surface area contributed by atoms with Crippen molar-refractivity contribution in [1.82, 2.24) is 0 Å². The van der Waals surface area contributed by atoms with Crippen molar-refractivity contribution in [3.05, 3.63) is 29.3 Å². The zero-order valence-corrected chi connectivity index (χ0v) is 12.7. The van der Waals surface area contributed by atoms with E-state index >= 15 is 0 Å². The number of hydrogen-bond acceptors (Lipinski definition) is 3. The minimum atomic E-state index is -0.834. The zero-order chi connectivity index (χ0) is 15.1. The molecule has 0 radical (unpaired) electrons. The Labute approximate surface area is 120 Å². The lowest BCUT2D eigenvalue weighted by molar-refractivity contribution is -0.136. The number of hydrogen-bond donors (Lipinski definition) is 1. The Morgan fingerprint density at radius 1 is 1.20 bits per heavy atom. The number of carbonyl (C=O) groups is 1. The number of rotatable bonds is 3. The maximum absolute atomic E-state index is 10.9. The van der Waals surface area contributed by atoms with Crippen molar-refractivity contribution < 1.29 is 19.2 Å². The third-order valence-electron chi connectivity index (χ3n) is 4.34. The van der Waals surface area contributed by atoms with Gasteiger partial charge in [-0.3, -0.25) is 4.79 Å². The van der Waals surface area contributed by atoms with Gasteiger partial charge in [-0.1, -0.05) is 18.2 Å². The maximum Gasteiger partial charge on any atom is 0.495 e. The molecule has 1 N–H and O–H groups in total. The standard InChI is InChI=1S/C15H21BO4/c1-10-11(9-13(17)18)7-6-8-12(10)16-19-14(2,3)15(4,5)20-16/h6-8H,9H2,1-5H3,(H,17,18). The van der Waals surface area contributed by atoms with Crippen molar-refractivity contribution >= 4 is 18.6 Å². The predicted octanol–water partition coefficient (Wildman–Crippen LogP) is 1.92. The van der Waals surface area contributed by atoms with Crippen LogP contribution in [0.15, 0.2) is 18.2 Å². The summed E-state index contributed by atoms with van der Waals surface area (Å²) in [7, 11) is -0.450. The molecule has 0 saturated carbocycles. The summed E-state index contributed by atoms with van der Waals surface area (Å²) in [6.45, 7) is 9.93. The van der Waals surface area contributed by atoms with Crippen LogP contribution in [-0.4, -0.2) is 29.4 Å².